The van der Waals surface area contributed by atoms with E-state index in [-0.39, 0.29) is 31.9 Å². The fourth-order valence-corrected chi connectivity index (χ4v) is 4.69. The van der Waals surface area contributed by atoms with Gasteiger partial charge < -0.3 is 9.84 Å². The van der Waals surface area contributed by atoms with Crippen molar-refractivity contribution < 1.29 is 23.8 Å². The smallest absolute Gasteiger partial charge is 0.307 e. The van der Waals surface area contributed by atoms with Gasteiger partial charge in [-0.3, -0.25) is 19.2 Å². The molecule has 4 aromatic rings. The number of hydrogen-bond donors (Lipinski definition) is 1. The second-order valence-corrected chi connectivity index (χ2v) is 9.31. The molecule has 1 amide bonds. The van der Waals surface area contributed by atoms with Crippen molar-refractivity contribution in [1.29, 1.82) is 0 Å². The normalized spacial score (nSPS) is 11.9. The first-order valence-electron chi connectivity index (χ1n) is 11.6. The summed E-state index contributed by atoms with van der Waals surface area (Å²) in [5.41, 5.74) is 4.33. The SMILES string of the molecule is Cn1nc(N(Cc2ccc(CC(=O)O)cc2)C(=O)Cc2cccc(F)c2)c2c1-c1cc(Cl)ccc1OC2. The summed E-state index contributed by atoms with van der Waals surface area (Å²) in [5, 5.41) is 14.3. The molecule has 0 fully saturated rings. The van der Waals surface area contributed by atoms with Crippen LogP contribution < -0.4 is 9.64 Å². The van der Waals surface area contributed by atoms with Crippen LogP contribution in [0.25, 0.3) is 11.3 Å². The summed E-state index contributed by atoms with van der Waals surface area (Å²) in [6.45, 7) is 0.405. The number of aromatic nitrogens is 2. The van der Waals surface area contributed by atoms with E-state index < -0.39 is 11.8 Å². The van der Waals surface area contributed by atoms with Gasteiger partial charge in [0.25, 0.3) is 0 Å². The highest BCUT2D eigenvalue weighted by atomic mass is 35.5. The molecule has 1 aliphatic rings. The van der Waals surface area contributed by atoms with Crippen molar-refractivity contribution in [2.24, 2.45) is 7.05 Å². The molecule has 0 radical (unpaired) electrons. The minimum atomic E-state index is -0.917. The van der Waals surface area contributed by atoms with Crippen molar-refractivity contribution in [3.05, 3.63) is 99.8 Å². The molecule has 0 bridgehead atoms. The van der Waals surface area contributed by atoms with Crippen LogP contribution in [0.15, 0.2) is 66.7 Å². The number of carboxylic acids is 1. The minimum absolute atomic E-state index is 0.0243. The Morgan fingerprint density at radius 3 is 2.54 bits per heavy atom. The number of nitrogens with zero attached hydrogens (tertiary/aromatic N) is 3. The Kier molecular flexibility index (Phi) is 6.67. The summed E-state index contributed by atoms with van der Waals surface area (Å²) in [5.74, 6) is -0.474. The third-order valence-electron chi connectivity index (χ3n) is 6.21. The molecule has 0 unspecified atom stereocenters. The Bertz CT molecular complexity index is 1500. The van der Waals surface area contributed by atoms with Gasteiger partial charge in [0.15, 0.2) is 5.82 Å². The second-order valence-electron chi connectivity index (χ2n) is 8.88. The molecule has 2 heterocycles. The number of aliphatic carboxylic acids is 1. The van der Waals surface area contributed by atoms with Crippen molar-refractivity contribution in [3.63, 3.8) is 0 Å². The van der Waals surface area contributed by atoms with Crippen LogP contribution >= 0.6 is 11.6 Å². The maximum absolute atomic E-state index is 13.8. The second kappa shape index (κ2) is 10.1. The standard InChI is InChI=1S/C28H23ClFN3O4/c1-32-27-22-14-20(29)9-10-24(22)37-16-23(27)28(31-32)33(25(34)12-19-3-2-4-21(30)11-19)15-18-7-5-17(6-8-18)13-26(35)36/h2-11,14H,12-13,15-16H2,1H3,(H,35,36). The summed E-state index contributed by atoms with van der Waals surface area (Å²) < 4.78 is 21.5. The van der Waals surface area contributed by atoms with Gasteiger partial charge in [-0.2, -0.15) is 5.10 Å². The molecule has 1 aromatic heterocycles. The molecular formula is C28H23ClFN3O4. The Morgan fingerprint density at radius 2 is 1.81 bits per heavy atom. The first-order chi connectivity index (χ1) is 17.8. The predicted molar refractivity (Wildman–Crippen MR) is 137 cm³/mol. The molecule has 0 saturated heterocycles. The quantitative estimate of drug-likeness (QED) is 0.364. The lowest BCUT2D eigenvalue weighted by molar-refractivity contribution is -0.136. The number of carbonyl (C=O) groups excluding carboxylic acids is 1. The molecule has 3 aromatic carbocycles. The van der Waals surface area contributed by atoms with Gasteiger partial charge in [0.2, 0.25) is 5.91 Å². The van der Waals surface area contributed by atoms with Gasteiger partial charge in [0.05, 0.1) is 30.6 Å². The first kappa shape index (κ1) is 24.5. The molecule has 5 rings (SSSR count). The lowest BCUT2D eigenvalue weighted by atomic mass is 10.0. The molecule has 0 spiro atoms. The van der Waals surface area contributed by atoms with Gasteiger partial charge in [-0.1, -0.05) is 48.0 Å². The summed E-state index contributed by atoms with van der Waals surface area (Å²) in [6.07, 6.45) is -0.112. The van der Waals surface area contributed by atoms with Crippen LogP contribution in [-0.4, -0.2) is 26.8 Å². The van der Waals surface area contributed by atoms with E-state index in [1.165, 1.54) is 12.1 Å². The van der Waals surface area contributed by atoms with E-state index in [0.29, 0.717) is 27.7 Å². The van der Waals surface area contributed by atoms with E-state index in [1.54, 1.807) is 71.2 Å². The number of halogens is 2. The average molecular weight is 520 g/mol. The number of carboxylic acid groups (broad SMARTS) is 1. The average Bonchev–Trinajstić information content (AvgIpc) is 3.19. The van der Waals surface area contributed by atoms with Crippen LogP contribution in [0.1, 0.15) is 22.3 Å². The highest BCUT2D eigenvalue weighted by molar-refractivity contribution is 6.31. The van der Waals surface area contributed by atoms with Gasteiger partial charge in [0.1, 0.15) is 18.2 Å². The Labute approximate surface area is 217 Å². The van der Waals surface area contributed by atoms with E-state index >= 15 is 0 Å². The lowest BCUT2D eigenvalue weighted by Crippen LogP contribution is -2.33. The van der Waals surface area contributed by atoms with Gasteiger partial charge in [-0.25, -0.2) is 4.39 Å². The molecule has 37 heavy (non-hydrogen) atoms. The van der Waals surface area contributed by atoms with Gasteiger partial charge in [0, 0.05) is 17.6 Å². The Hall–Kier alpha value is -4.17. The highest BCUT2D eigenvalue weighted by Gasteiger charge is 2.31. The number of hydrogen-bond acceptors (Lipinski definition) is 4. The van der Waals surface area contributed by atoms with E-state index in [1.807, 2.05) is 0 Å². The van der Waals surface area contributed by atoms with Crippen molar-refractivity contribution in [2.45, 2.75) is 26.0 Å². The maximum atomic E-state index is 13.8. The Balaban J connectivity index is 1.54. The van der Waals surface area contributed by atoms with E-state index in [2.05, 4.69) is 0 Å². The summed E-state index contributed by atoms with van der Waals surface area (Å²) in [6, 6.07) is 18.4. The molecule has 0 saturated carbocycles. The fraction of sp³-hybridized carbons (Fsp3) is 0.179. The van der Waals surface area contributed by atoms with E-state index in [4.69, 9.17) is 26.5 Å². The molecule has 0 aliphatic carbocycles. The number of fused-ring (bicyclic) bond motifs is 3. The number of benzene rings is 3. The molecule has 1 aliphatic heterocycles. The van der Waals surface area contributed by atoms with Crippen LogP contribution in [0.2, 0.25) is 5.02 Å². The Morgan fingerprint density at radius 1 is 1.05 bits per heavy atom. The number of rotatable bonds is 7. The zero-order valence-corrected chi connectivity index (χ0v) is 20.7. The zero-order valence-electron chi connectivity index (χ0n) is 19.9. The summed E-state index contributed by atoms with van der Waals surface area (Å²) in [7, 11) is 1.80. The maximum Gasteiger partial charge on any atom is 0.307 e. The largest absolute Gasteiger partial charge is 0.488 e. The first-order valence-corrected chi connectivity index (χ1v) is 12.0. The molecule has 7 nitrogen and oxygen atoms in total. The van der Waals surface area contributed by atoms with Crippen LogP contribution in [-0.2, 0) is 42.6 Å². The number of carbonyl (C=O) groups is 2. The lowest BCUT2D eigenvalue weighted by Gasteiger charge is -2.24. The fourth-order valence-electron chi connectivity index (χ4n) is 4.52. The van der Waals surface area contributed by atoms with Crippen molar-refractivity contribution in [1.82, 2.24) is 9.78 Å². The van der Waals surface area contributed by atoms with Gasteiger partial charge in [-0.15, -0.1) is 0 Å². The number of amides is 1. The molecule has 0 atom stereocenters. The van der Waals surface area contributed by atoms with E-state index in [0.717, 1.165) is 22.4 Å². The highest BCUT2D eigenvalue weighted by Crippen LogP contribution is 2.42. The topological polar surface area (TPSA) is 84.7 Å². The zero-order chi connectivity index (χ0) is 26.1. The number of anilines is 1. The van der Waals surface area contributed by atoms with Gasteiger partial charge in [-0.05, 0) is 47.0 Å². The number of aryl methyl sites for hydroxylation is 1. The predicted octanol–water partition coefficient (Wildman–Crippen LogP) is 5.18. The minimum Gasteiger partial charge on any atom is -0.488 e. The third-order valence-corrected chi connectivity index (χ3v) is 6.45. The number of ether oxygens (including phenoxy) is 1. The van der Waals surface area contributed by atoms with Crippen molar-refractivity contribution >= 4 is 29.3 Å². The van der Waals surface area contributed by atoms with Gasteiger partial charge >= 0.3 is 5.97 Å². The van der Waals surface area contributed by atoms with Crippen LogP contribution in [0.3, 0.4) is 0 Å². The molecule has 188 valence electrons. The van der Waals surface area contributed by atoms with Crippen LogP contribution in [0.5, 0.6) is 5.75 Å². The molecular weight excluding hydrogens is 497 g/mol. The third kappa shape index (κ3) is 5.20. The summed E-state index contributed by atoms with van der Waals surface area (Å²) >= 11 is 6.25. The summed E-state index contributed by atoms with van der Waals surface area (Å²) in [4.78, 5) is 26.3. The van der Waals surface area contributed by atoms with Crippen LogP contribution in [0.4, 0.5) is 10.2 Å². The molecule has 9 heteroatoms. The molecule has 1 N–H and O–H groups in total. The van der Waals surface area contributed by atoms with E-state index in [9.17, 15) is 14.0 Å². The van der Waals surface area contributed by atoms with Crippen LogP contribution in [0, 0.1) is 5.82 Å². The van der Waals surface area contributed by atoms with Crippen molar-refractivity contribution in [3.8, 4) is 17.0 Å². The monoisotopic (exact) mass is 519 g/mol. The van der Waals surface area contributed by atoms with Crippen molar-refractivity contribution in [2.75, 3.05) is 4.90 Å².